The highest BCUT2D eigenvalue weighted by molar-refractivity contribution is 6.39. The van der Waals surface area contributed by atoms with Gasteiger partial charge in [-0.05, 0) is 49.4 Å². The largest absolute Gasteiger partial charge is 0.484 e. The van der Waals surface area contributed by atoms with Crippen molar-refractivity contribution >= 4 is 63.5 Å². The summed E-state index contributed by atoms with van der Waals surface area (Å²) < 4.78 is 15.6. The van der Waals surface area contributed by atoms with Gasteiger partial charge in [0.1, 0.15) is 11.3 Å². The van der Waals surface area contributed by atoms with Crippen LogP contribution in [0.25, 0.3) is 10.9 Å². The number of nitrogens with one attached hydrogen (secondary N) is 2. The minimum absolute atomic E-state index is 0.166. The van der Waals surface area contributed by atoms with Crippen LogP contribution in [0.3, 0.4) is 0 Å². The molecule has 0 fully saturated rings. The van der Waals surface area contributed by atoms with Gasteiger partial charge in [0.05, 0.1) is 10.0 Å². The number of aryl methyl sites for hydroxylation is 1. The molecule has 2 amide bonds. The molecule has 178 valence electrons. The molecule has 0 atom stereocenters. The Kier molecular flexibility index (Phi) is 8.75. The van der Waals surface area contributed by atoms with Crippen LogP contribution >= 0.6 is 34.8 Å². The topological polar surface area (TPSA) is 116 Å². The number of hydrazine groups is 1. The standard InChI is InChI=1S/C22H18Cl3N3O6/c1-12-2-7-15-16(24)8-17(25)22(21(15)26-12)34-11-20(31)33-10-19(30)28-27-18(29)9-32-14-5-3-13(23)4-6-14/h2-8H,9-11H2,1H3,(H,27,29)(H,28,30). The first-order valence-corrected chi connectivity index (χ1v) is 10.9. The van der Waals surface area contributed by atoms with E-state index in [4.69, 9.17) is 49.0 Å². The van der Waals surface area contributed by atoms with E-state index in [1.807, 2.05) is 0 Å². The minimum atomic E-state index is -0.834. The lowest BCUT2D eigenvalue weighted by molar-refractivity contribution is -0.150. The predicted octanol–water partition coefficient (Wildman–Crippen LogP) is 3.65. The van der Waals surface area contributed by atoms with Gasteiger partial charge in [0, 0.05) is 16.1 Å². The van der Waals surface area contributed by atoms with Gasteiger partial charge in [-0.15, -0.1) is 0 Å². The molecule has 0 aliphatic carbocycles. The van der Waals surface area contributed by atoms with Crippen molar-refractivity contribution in [2.45, 2.75) is 6.92 Å². The monoisotopic (exact) mass is 525 g/mol. The number of esters is 1. The van der Waals surface area contributed by atoms with Gasteiger partial charge < -0.3 is 14.2 Å². The highest BCUT2D eigenvalue weighted by atomic mass is 35.5. The lowest BCUT2D eigenvalue weighted by Crippen LogP contribution is -2.45. The fourth-order valence-electron chi connectivity index (χ4n) is 2.64. The van der Waals surface area contributed by atoms with Crippen LogP contribution in [-0.2, 0) is 19.1 Å². The third-order valence-electron chi connectivity index (χ3n) is 4.20. The minimum Gasteiger partial charge on any atom is -0.484 e. The third kappa shape index (κ3) is 7.11. The highest BCUT2D eigenvalue weighted by Crippen LogP contribution is 2.37. The zero-order valence-electron chi connectivity index (χ0n) is 17.7. The fourth-order valence-corrected chi connectivity index (χ4v) is 3.33. The number of nitrogens with zero attached hydrogens (tertiary/aromatic N) is 1. The van der Waals surface area contributed by atoms with Crippen LogP contribution in [0.2, 0.25) is 15.1 Å². The molecule has 2 N–H and O–H groups in total. The zero-order chi connectivity index (χ0) is 24.7. The molecule has 0 radical (unpaired) electrons. The van der Waals surface area contributed by atoms with E-state index < -0.39 is 31.0 Å². The molecule has 0 spiro atoms. The first kappa shape index (κ1) is 25.4. The van der Waals surface area contributed by atoms with Crippen LogP contribution < -0.4 is 20.3 Å². The molecule has 3 aromatic rings. The van der Waals surface area contributed by atoms with Crippen LogP contribution in [0, 0.1) is 6.92 Å². The summed E-state index contributed by atoms with van der Waals surface area (Å²) in [5, 5.41) is 1.69. The molecule has 0 unspecified atom stereocenters. The number of carbonyl (C=O) groups is 3. The maximum Gasteiger partial charge on any atom is 0.344 e. The molecule has 0 aliphatic heterocycles. The summed E-state index contributed by atoms with van der Waals surface area (Å²) in [6.45, 7) is 0.264. The summed E-state index contributed by atoms with van der Waals surface area (Å²) in [7, 11) is 0. The molecule has 2 aromatic carbocycles. The number of benzene rings is 2. The van der Waals surface area contributed by atoms with Crippen molar-refractivity contribution in [2.75, 3.05) is 19.8 Å². The summed E-state index contributed by atoms with van der Waals surface area (Å²) >= 11 is 18.1. The smallest absolute Gasteiger partial charge is 0.344 e. The molecule has 0 saturated heterocycles. The van der Waals surface area contributed by atoms with Crippen molar-refractivity contribution in [3.8, 4) is 11.5 Å². The average molecular weight is 527 g/mol. The quantitative estimate of drug-likeness (QED) is 0.340. The van der Waals surface area contributed by atoms with Gasteiger partial charge in [0.25, 0.3) is 11.8 Å². The molecule has 9 nitrogen and oxygen atoms in total. The van der Waals surface area contributed by atoms with Crippen LogP contribution in [0.4, 0.5) is 0 Å². The number of pyridine rings is 1. The Bertz CT molecular complexity index is 1220. The number of ether oxygens (including phenoxy) is 3. The van der Waals surface area contributed by atoms with Crippen molar-refractivity contribution in [1.82, 2.24) is 15.8 Å². The number of rotatable bonds is 8. The van der Waals surface area contributed by atoms with Crippen molar-refractivity contribution in [2.24, 2.45) is 0 Å². The van der Waals surface area contributed by atoms with Crippen LogP contribution in [0.5, 0.6) is 11.5 Å². The number of fused-ring (bicyclic) bond motifs is 1. The number of carbonyl (C=O) groups excluding carboxylic acids is 3. The molecule has 3 rings (SSSR count). The predicted molar refractivity (Wildman–Crippen MR) is 126 cm³/mol. The molecule has 34 heavy (non-hydrogen) atoms. The van der Waals surface area contributed by atoms with E-state index in [1.54, 1.807) is 43.3 Å². The third-order valence-corrected chi connectivity index (χ3v) is 5.05. The Labute approximate surface area is 209 Å². The second-order valence-electron chi connectivity index (χ2n) is 6.81. The summed E-state index contributed by atoms with van der Waals surface area (Å²) in [5.41, 5.74) is 5.33. The first-order valence-electron chi connectivity index (χ1n) is 9.72. The van der Waals surface area contributed by atoms with Crippen LogP contribution in [0.15, 0.2) is 42.5 Å². The Morgan fingerprint density at radius 3 is 2.24 bits per heavy atom. The lowest BCUT2D eigenvalue weighted by atomic mass is 10.2. The second kappa shape index (κ2) is 11.7. The maximum atomic E-state index is 12.0. The van der Waals surface area contributed by atoms with Gasteiger partial charge in [0.2, 0.25) is 0 Å². The van der Waals surface area contributed by atoms with Gasteiger partial charge in [-0.1, -0.05) is 34.8 Å². The summed E-state index contributed by atoms with van der Waals surface area (Å²) in [6, 6.07) is 11.4. The molecule has 12 heteroatoms. The lowest BCUT2D eigenvalue weighted by Gasteiger charge is -2.12. The number of hydrogen-bond donors (Lipinski definition) is 2. The van der Waals surface area contributed by atoms with E-state index in [-0.39, 0.29) is 17.4 Å². The molecule has 0 aliphatic rings. The van der Waals surface area contributed by atoms with Gasteiger partial charge in [-0.25, -0.2) is 9.78 Å². The van der Waals surface area contributed by atoms with E-state index in [0.29, 0.717) is 32.4 Å². The number of halogens is 3. The average Bonchev–Trinajstić information content (AvgIpc) is 2.80. The zero-order valence-corrected chi connectivity index (χ0v) is 20.0. The Balaban J connectivity index is 1.42. The fraction of sp³-hybridized carbons (Fsp3) is 0.182. The number of amides is 2. The molecule has 1 heterocycles. The van der Waals surface area contributed by atoms with Crippen LogP contribution in [0.1, 0.15) is 5.69 Å². The maximum absolute atomic E-state index is 12.0. The van der Waals surface area contributed by atoms with Crippen molar-refractivity contribution < 1.29 is 28.6 Å². The number of hydrogen-bond acceptors (Lipinski definition) is 7. The van der Waals surface area contributed by atoms with E-state index in [9.17, 15) is 14.4 Å². The van der Waals surface area contributed by atoms with Gasteiger partial charge in [-0.2, -0.15) is 0 Å². The SMILES string of the molecule is Cc1ccc2c(Cl)cc(Cl)c(OCC(=O)OCC(=O)NNC(=O)COc3ccc(Cl)cc3)c2n1. The Morgan fingerprint density at radius 2 is 1.53 bits per heavy atom. The summed E-state index contributed by atoms with van der Waals surface area (Å²) in [5.74, 6) is -1.62. The first-order chi connectivity index (χ1) is 16.2. The van der Waals surface area contributed by atoms with Crippen LogP contribution in [-0.4, -0.2) is 42.6 Å². The Hall–Kier alpha value is -3.27. The number of aromatic nitrogens is 1. The van der Waals surface area contributed by atoms with Gasteiger partial charge >= 0.3 is 5.97 Å². The molecular weight excluding hydrogens is 509 g/mol. The molecule has 0 bridgehead atoms. The summed E-state index contributed by atoms with van der Waals surface area (Å²) in [6.07, 6.45) is 0. The second-order valence-corrected chi connectivity index (χ2v) is 8.06. The van der Waals surface area contributed by atoms with Crippen molar-refractivity contribution in [3.63, 3.8) is 0 Å². The van der Waals surface area contributed by atoms with E-state index in [2.05, 4.69) is 15.8 Å². The Morgan fingerprint density at radius 1 is 0.853 bits per heavy atom. The summed E-state index contributed by atoms with van der Waals surface area (Å²) in [4.78, 5) is 39.9. The molecule has 0 saturated carbocycles. The normalized spacial score (nSPS) is 10.5. The van der Waals surface area contributed by atoms with E-state index >= 15 is 0 Å². The van der Waals surface area contributed by atoms with Gasteiger partial charge in [-0.3, -0.25) is 20.4 Å². The van der Waals surface area contributed by atoms with Crippen molar-refractivity contribution in [1.29, 1.82) is 0 Å². The van der Waals surface area contributed by atoms with Crippen molar-refractivity contribution in [3.05, 3.63) is 63.2 Å². The van der Waals surface area contributed by atoms with Gasteiger partial charge in [0.15, 0.2) is 25.6 Å². The van der Waals surface area contributed by atoms with E-state index in [1.165, 1.54) is 6.07 Å². The highest BCUT2D eigenvalue weighted by Gasteiger charge is 2.16. The molecule has 1 aromatic heterocycles. The molecular formula is C22H18Cl3N3O6. The van der Waals surface area contributed by atoms with E-state index in [0.717, 1.165) is 0 Å².